The van der Waals surface area contributed by atoms with Crippen molar-refractivity contribution in [3.05, 3.63) is 21.3 Å². The van der Waals surface area contributed by atoms with Crippen molar-refractivity contribution < 1.29 is 0 Å². The number of hydrogen-bond acceptors (Lipinski definition) is 3. The van der Waals surface area contributed by atoms with Crippen molar-refractivity contribution in [2.24, 2.45) is 11.7 Å². The molecule has 0 aliphatic rings. The van der Waals surface area contributed by atoms with Crippen LogP contribution in [0.4, 0.5) is 0 Å². The van der Waals surface area contributed by atoms with E-state index in [-0.39, 0.29) is 6.04 Å². The van der Waals surface area contributed by atoms with E-state index >= 15 is 0 Å². The highest BCUT2D eigenvalue weighted by molar-refractivity contribution is 7.99. The standard InChI is InChI=1S/C12H20ClNS2/c1-4-8(2)7-15-12(9(3)14)10-5-6-11(13)16-10/h5-6,8-9,12H,4,7,14H2,1-3H3. The molecule has 3 atom stereocenters. The lowest BCUT2D eigenvalue weighted by atomic mass is 10.2. The molecule has 3 unspecified atom stereocenters. The summed E-state index contributed by atoms with van der Waals surface area (Å²) < 4.78 is 0.852. The van der Waals surface area contributed by atoms with Crippen LogP contribution in [0.3, 0.4) is 0 Å². The summed E-state index contributed by atoms with van der Waals surface area (Å²) in [6.07, 6.45) is 1.23. The highest BCUT2D eigenvalue weighted by atomic mass is 35.5. The Bertz CT molecular complexity index is 312. The number of thioether (sulfide) groups is 1. The third-order valence-corrected chi connectivity index (χ3v) is 5.88. The Hall–Kier alpha value is 0.300. The summed E-state index contributed by atoms with van der Waals surface area (Å²) in [4.78, 5) is 1.30. The zero-order valence-corrected chi connectivity index (χ0v) is 12.5. The minimum Gasteiger partial charge on any atom is -0.327 e. The summed E-state index contributed by atoms with van der Waals surface area (Å²) in [5.74, 6) is 1.92. The summed E-state index contributed by atoms with van der Waals surface area (Å²) in [5, 5.41) is 0.381. The molecule has 0 amide bonds. The zero-order valence-electron chi connectivity index (χ0n) is 10.1. The molecule has 1 heterocycles. The Balaban J connectivity index is 2.61. The fourth-order valence-corrected chi connectivity index (χ4v) is 4.18. The molecule has 0 aliphatic heterocycles. The van der Waals surface area contributed by atoms with Gasteiger partial charge in [-0.2, -0.15) is 11.8 Å². The lowest BCUT2D eigenvalue weighted by Gasteiger charge is -2.20. The van der Waals surface area contributed by atoms with Crippen LogP contribution in [0.25, 0.3) is 0 Å². The van der Waals surface area contributed by atoms with Crippen LogP contribution in [0.1, 0.15) is 37.3 Å². The first-order valence-electron chi connectivity index (χ1n) is 5.67. The third kappa shape index (κ3) is 4.28. The van der Waals surface area contributed by atoms with E-state index in [9.17, 15) is 0 Å². The molecule has 1 rings (SSSR count). The van der Waals surface area contributed by atoms with E-state index in [2.05, 4.69) is 26.8 Å². The topological polar surface area (TPSA) is 26.0 Å². The molecule has 4 heteroatoms. The predicted octanol–water partition coefficient (Wildman–Crippen LogP) is 4.57. The van der Waals surface area contributed by atoms with Crippen LogP contribution in [0, 0.1) is 5.92 Å². The van der Waals surface area contributed by atoms with Gasteiger partial charge < -0.3 is 5.73 Å². The first-order valence-corrected chi connectivity index (χ1v) is 7.91. The van der Waals surface area contributed by atoms with Crippen molar-refractivity contribution in [2.75, 3.05) is 5.75 Å². The molecule has 0 aliphatic carbocycles. The van der Waals surface area contributed by atoms with Gasteiger partial charge in [0.15, 0.2) is 0 Å². The maximum absolute atomic E-state index is 6.05. The molecule has 16 heavy (non-hydrogen) atoms. The van der Waals surface area contributed by atoms with Crippen molar-refractivity contribution in [1.29, 1.82) is 0 Å². The molecule has 0 bridgehead atoms. The van der Waals surface area contributed by atoms with Gasteiger partial charge in [0.2, 0.25) is 0 Å². The fraction of sp³-hybridized carbons (Fsp3) is 0.667. The van der Waals surface area contributed by atoms with Crippen molar-refractivity contribution >= 4 is 34.7 Å². The quantitative estimate of drug-likeness (QED) is 0.824. The van der Waals surface area contributed by atoms with Gasteiger partial charge in [-0.3, -0.25) is 0 Å². The van der Waals surface area contributed by atoms with Gasteiger partial charge in [0.25, 0.3) is 0 Å². The number of halogens is 1. The van der Waals surface area contributed by atoms with Gasteiger partial charge in [0.1, 0.15) is 0 Å². The van der Waals surface area contributed by atoms with Crippen molar-refractivity contribution in [1.82, 2.24) is 0 Å². The minimum atomic E-state index is 0.170. The van der Waals surface area contributed by atoms with Gasteiger partial charge in [0.05, 0.1) is 9.59 Å². The minimum absolute atomic E-state index is 0.170. The highest BCUT2D eigenvalue weighted by Crippen LogP contribution is 2.38. The van der Waals surface area contributed by atoms with Crippen molar-refractivity contribution in [3.8, 4) is 0 Å². The van der Waals surface area contributed by atoms with E-state index in [0.717, 1.165) is 16.0 Å². The average Bonchev–Trinajstić information content (AvgIpc) is 2.64. The molecule has 0 fully saturated rings. The SMILES string of the molecule is CCC(C)CSC(c1ccc(Cl)s1)C(C)N. The van der Waals surface area contributed by atoms with E-state index < -0.39 is 0 Å². The van der Waals surface area contributed by atoms with E-state index in [1.54, 1.807) is 11.3 Å². The Morgan fingerprint density at radius 2 is 2.12 bits per heavy atom. The van der Waals surface area contributed by atoms with E-state index in [1.165, 1.54) is 11.3 Å². The van der Waals surface area contributed by atoms with Gasteiger partial charge in [-0.05, 0) is 30.7 Å². The first-order chi connectivity index (χ1) is 7.54. The molecule has 0 saturated carbocycles. The van der Waals surface area contributed by atoms with E-state index in [4.69, 9.17) is 17.3 Å². The number of hydrogen-bond donors (Lipinski definition) is 1. The summed E-state index contributed by atoms with van der Waals surface area (Å²) in [5.41, 5.74) is 6.05. The maximum Gasteiger partial charge on any atom is 0.0931 e. The van der Waals surface area contributed by atoms with Crippen LogP contribution in [0.2, 0.25) is 4.34 Å². The van der Waals surface area contributed by atoms with Crippen LogP contribution < -0.4 is 5.73 Å². The number of rotatable bonds is 6. The smallest absolute Gasteiger partial charge is 0.0931 e. The molecule has 92 valence electrons. The second kappa shape index (κ2) is 6.90. The lowest BCUT2D eigenvalue weighted by molar-refractivity contribution is 0.632. The molecule has 2 N–H and O–H groups in total. The lowest BCUT2D eigenvalue weighted by Crippen LogP contribution is -2.22. The van der Waals surface area contributed by atoms with Gasteiger partial charge in [-0.15, -0.1) is 11.3 Å². The Labute approximate surface area is 112 Å². The average molecular weight is 278 g/mol. The summed E-state index contributed by atoms with van der Waals surface area (Å²) >= 11 is 9.57. The molecule has 0 aromatic carbocycles. The van der Waals surface area contributed by atoms with Crippen LogP contribution in [-0.4, -0.2) is 11.8 Å². The molecule has 0 spiro atoms. The molecule has 1 aromatic heterocycles. The first kappa shape index (κ1) is 14.4. The Kier molecular flexibility index (Phi) is 6.19. The largest absolute Gasteiger partial charge is 0.327 e. The fourth-order valence-electron chi connectivity index (χ4n) is 1.36. The van der Waals surface area contributed by atoms with E-state index in [0.29, 0.717) is 5.25 Å². The monoisotopic (exact) mass is 277 g/mol. The zero-order chi connectivity index (χ0) is 12.1. The summed E-state index contributed by atoms with van der Waals surface area (Å²) in [6.45, 7) is 6.59. The summed E-state index contributed by atoms with van der Waals surface area (Å²) in [6, 6.07) is 4.23. The maximum atomic E-state index is 6.05. The van der Waals surface area contributed by atoms with Crippen LogP contribution in [0.5, 0.6) is 0 Å². The molecule has 1 nitrogen and oxygen atoms in total. The van der Waals surface area contributed by atoms with Crippen molar-refractivity contribution in [3.63, 3.8) is 0 Å². The van der Waals surface area contributed by atoms with Crippen LogP contribution in [0.15, 0.2) is 12.1 Å². The molecular weight excluding hydrogens is 258 g/mol. The number of thiophene rings is 1. The molecule has 0 radical (unpaired) electrons. The number of nitrogens with two attached hydrogens (primary N) is 1. The Morgan fingerprint density at radius 3 is 2.56 bits per heavy atom. The highest BCUT2D eigenvalue weighted by Gasteiger charge is 2.19. The second-order valence-corrected chi connectivity index (χ2v) is 7.19. The van der Waals surface area contributed by atoms with Gasteiger partial charge in [-0.1, -0.05) is 31.9 Å². The third-order valence-electron chi connectivity index (χ3n) is 2.61. The predicted molar refractivity (Wildman–Crippen MR) is 77.6 cm³/mol. The second-order valence-electron chi connectivity index (χ2n) is 4.27. The Morgan fingerprint density at radius 1 is 1.44 bits per heavy atom. The molecular formula is C12H20ClNS2. The van der Waals surface area contributed by atoms with E-state index in [1.807, 2.05) is 17.8 Å². The van der Waals surface area contributed by atoms with Gasteiger partial charge in [0, 0.05) is 10.9 Å². The van der Waals surface area contributed by atoms with Gasteiger partial charge in [-0.25, -0.2) is 0 Å². The van der Waals surface area contributed by atoms with Crippen molar-refractivity contribution in [2.45, 2.75) is 38.5 Å². The molecule has 1 aromatic rings. The molecule has 0 saturated heterocycles. The van der Waals surface area contributed by atoms with Crippen LogP contribution >= 0.6 is 34.7 Å². The van der Waals surface area contributed by atoms with Crippen LogP contribution in [-0.2, 0) is 0 Å². The summed E-state index contributed by atoms with van der Waals surface area (Å²) in [7, 11) is 0. The normalized spacial score (nSPS) is 17.1. The van der Waals surface area contributed by atoms with Gasteiger partial charge >= 0.3 is 0 Å².